The zero-order valence-electron chi connectivity index (χ0n) is 21.6. The Morgan fingerprint density at radius 2 is 1.79 bits per heavy atom. The third-order valence-electron chi connectivity index (χ3n) is 9.93. The van der Waals surface area contributed by atoms with E-state index < -0.39 is 10.0 Å². The SMILES string of the molecule is CC(C)CCC[C@@H](C)[C@H]1CC[C@H]2C3=C(CC[C@]12C)[C@@]1(C)CC[C@H](NS(C)(=O)=O)C[C@@H]1C(=O)O3. The van der Waals surface area contributed by atoms with Crippen LogP contribution in [-0.4, -0.2) is 26.7 Å². The van der Waals surface area contributed by atoms with Gasteiger partial charge >= 0.3 is 5.97 Å². The molecule has 0 aromatic rings. The fourth-order valence-electron chi connectivity index (χ4n) is 8.08. The molecule has 1 N–H and O–H groups in total. The molecule has 4 aliphatic rings. The molecule has 6 heteroatoms. The maximum Gasteiger partial charge on any atom is 0.314 e. The van der Waals surface area contributed by atoms with Gasteiger partial charge in [-0.1, -0.05) is 53.9 Å². The number of hydrogen-bond donors (Lipinski definition) is 1. The van der Waals surface area contributed by atoms with Crippen molar-refractivity contribution in [2.75, 3.05) is 6.26 Å². The van der Waals surface area contributed by atoms with Gasteiger partial charge in [0.05, 0.1) is 12.2 Å². The van der Waals surface area contributed by atoms with Gasteiger partial charge in [-0.15, -0.1) is 0 Å². The van der Waals surface area contributed by atoms with Gasteiger partial charge < -0.3 is 4.74 Å². The van der Waals surface area contributed by atoms with Crippen molar-refractivity contribution in [3.8, 4) is 0 Å². The van der Waals surface area contributed by atoms with Crippen molar-refractivity contribution < 1.29 is 17.9 Å². The Kier molecular flexibility index (Phi) is 6.85. The molecular weight excluding hydrogens is 434 g/mol. The average molecular weight is 480 g/mol. The summed E-state index contributed by atoms with van der Waals surface area (Å²) in [6, 6.07) is -0.177. The van der Waals surface area contributed by atoms with E-state index in [1.54, 1.807) is 0 Å². The number of hydrogen-bond acceptors (Lipinski definition) is 4. The monoisotopic (exact) mass is 479 g/mol. The van der Waals surface area contributed by atoms with Gasteiger partial charge in [0.2, 0.25) is 10.0 Å². The number of nitrogens with one attached hydrogen (secondary N) is 1. The maximum absolute atomic E-state index is 13.3. The zero-order chi connectivity index (χ0) is 24.2. The Hall–Kier alpha value is -0.880. The summed E-state index contributed by atoms with van der Waals surface area (Å²) in [5, 5.41) is 0. The van der Waals surface area contributed by atoms with Gasteiger partial charge in [-0.25, -0.2) is 13.1 Å². The lowest BCUT2D eigenvalue weighted by molar-refractivity contribution is -0.157. The summed E-state index contributed by atoms with van der Waals surface area (Å²) in [7, 11) is -3.28. The van der Waals surface area contributed by atoms with Gasteiger partial charge in [-0.3, -0.25) is 4.79 Å². The summed E-state index contributed by atoms with van der Waals surface area (Å²) in [6.45, 7) is 11.8. The van der Waals surface area contributed by atoms with Crippen LogP contribution in [0.2, 0.25) is 0 Å². The van der Waals surface area contributed by atoms with Gasteiger partial charge in [0, 0.05) is 17.4 Å². The second-order valence-electron chi connectivity index (χ2n) is 12.6. The van der Waals surface area contributed by atoms with E-state index in [1.807, 2.05) is 0 Å². The molecule has 1 heterocycles. The maximum atomic E-state index is 13.3. The van der Waals surface area contributed by atoms with Crippen LogP contribution in [0.25, 0.3) is 0 Å². The topological polar surface area (TPSA) is 72.5 Å². The highest BCUT2D eigenvalue weighted by Crippen LogP contribution is 2.64. The molecule has 7 atom stereocenters. The summed E-state index contributed by atoms with van der Waals surface area (Å²) < 4.78 is 32.4. The van der Waals surface area contributed by atoms with Gasteiger partial charge in [0.15, 0.2) is 0 Å². The molecule has 188 valence electrons. The van der Waals surface area contributed by atoms with E-state index in [1.165, 1.54) is 43.9 Å². The average Bonchev–Trinajstić information content (AvgIpc) is 3.05. The van der Waals surface area contributed by atoms with Crippen molar-refractivity contribution >= 4 is 16.0 Å². The van der Waals surface area contributed by atoms with Gasteiger partial charge in [0.1, 0.15) is 5.76 Å². The molecule has 0 spiro atoms. The summed E-state index contributed by atoms with van der Waals surface area (Å²) >= 11 is 0. The van der Waals surface area contributed by atoms with Gasteiger partial charge in [-0.05, 0) is 73.7 Å². The molecule has 3 aliphatic carbocycles. The minimum atomic E-state index is -3.28. The predicted octanol–water partition coefficient (Wildman–Crippen LogP) is 5.81. The molecule has 0 bridgehead atoms. The molecule has 2 fully saturated rings. The van der Waals surface area contributed by atoms with Crippen molar-refractivity contribution in [2.45, 2.75) is 105 Å². The molecule has 0 aromatic heterocycles. The van der Waals surface area contributed by atoms with Crippen LogP contribution in [-0.2, 0) is 19.6 Å². The summed E-state index contributed by atoms with van der Waals surface area (Å²) in [6.07, 6.45) is 11.8. The molecule has 2 saturated carbocycles. The Morgan fingerprint density at radius 3 is 2.45 bits per heavy atom. The lowest BCUT2D eigenvalue weighted by atomic mass is 9.54. The summed E-state index contributed by atoms with van der Waals surface area (Å²) in [5.74, 6) is 3.16. The molecule has 0 saturated heterocycles. The first kappa shape index (κ1) is 25.2. The van der Waals surface area contributed by atoms with E-state index in [0.717, 1.165) is 37.4 Å². The number of ether oxygens (including phenoxy) is 1. The van der Waals surface area contributed by atoms with Gasteiger partial charge in [-0.2, -0.15) is 0 Å². The Labute approximate surface area is 201 Å². The number of carbonyl (C=O) groups excluding carboxylic acids is 1. The van der Waals surface area contributed by atoms with E-state index in [9.17, 15) is 13.2 Å². The molecule has 0 unspecified atom stereocenters. The van der Waals surface area contributed by atoms with Crippen LogP contribution in [0.15, 0.2) is 11.3 Å². The Bertz CT molecular complexity index is 909. The van der Waals surface area contributed by atoms with E-state index in [0.29, 0.717) is 24.2 Å². The highest BCUT2D eigenvalue weighted by Gasteiger charge is 2.59. The minimum absolute atomic E-state index is 0.131. The lowest BCUT2D eigenvalue weighted by Crippen LogP contribution is -2.52. The predicted molar refractivity (Wildman–Crippen MR) is 132 cm³/mol. The normalized spacial score (nSPS) is 39.7. The molecule has 0 radical (unpaired) electrons. The number of sulfonamides is 1. The zero-order valence-corrected chi connectivity index (χ0v) is 22.4. The quantitative estimate of drug-likeness (QED) is 0.468. The number of fused-ring (bicyclic) bond motifs is 4. The third kappa shape index (κ3) is 4.68. The number of allylic oxidation sites excluding steroid dienone is 2. The Balaban J connectivity index is 1.54. The Morgan fingerprint density at radius 1 is 1.06 bits per heavy atom. The first-order chi connectivity index (χ1) is 15.3. The minimum Gasteiger partial charge on any atom is -0.431 e. The fraction of sp³-hybridized carbons (Fsp3) is 0.889. The molecule has 0 aromatic carbocycles. The van der Waals surface area contributed by atoms with Crippen LogP contribution in [0.3, 0.4) is 0 Å². The summed E-state index contributed by atoms with van der Waals surface area (Å²) in [5.41, 5.74) is 1.40. The van der Waals surface area contributed by atoms with Gasteiger partial charge in [0.25, 0.3) is 0 Å². The first-order valence-corrected chi connectivity index (χ1v) is 15.2. The second-order valence-corrected chi connectivity index (χ2v) is 14.4. The molecule has 0 amide bonds. The van der Waals surface area contributed by atoms with Crippen LogP contribution in [0.5, 0.6) is 0 Å². The molecule has 4 rings (SSSR count). The van der Waals surface area contributed by atoms with Crippen LogP contribution in [0.1, 0.15) is 98.8 Å². The largest absolute Gasteiger partial charge is 0.431 e. The molecular formula is C27H45NO4S. The van der Waals surface area contributed by atoms with Crippen LogP contribution < -0.4 is 4.72 Å². The summed E-state index contributed by atoms with van der Waals surface area (Å²) in [4.78, 5) is 13.3. The van der Waals surface area contributed by atoms with Crippen molar-refractivity contribution in [1.29, 1.82) is 0 Å². The van der Waals surface area contributed by atoms with Crippen molar-refractivity contribution in [3.63, 3.8) is 0 Å². The smallest absolute Gasteiger partial charge is 0.314 e. The molecule has 1 aliphatic heterocycles. The fourth-order valence-corrected chi connectivity index (χ4v) is 8.90. The van der Waals surface area contributed by atoms with E-state index in [-0.39, 0.29) is 28.8 Å². The standard InChI is InChI=1S/C27H45NO4S/c1-17(2)8-7-9-18(3)20-10-11-21-24-22(13-15-26(20,21)4)27(5)14-12-19(28-33(6,30)31)16-23(27)25(29)32-24/h17-21,23,28H,7-16H2,1-6H3/t18-,19+,20-,21+,23-,26-,27-/m1/s1. The van der Waals surface area contributed by atoms with Crippen molar-refractivity contribution in [2.24, 2.45) is 40.4 Å². The van der Waals surface area contributed by atoms with E-state index in [2.05, 4.69) is 39.3 Å². The van der Waals surface area contributed by atoms with Crippen LogP contribution in [0.4, 0.5) is 0 Å². The first-order valence-electron chi connectivity index (χ1n) is 13.3. The number of carbonyl (C=O) groups is 1. The molecule has 5 nitrogen and oxygen atoms in total. The second kappa shape index (κ2) is 8.96. The van der Waals surface area contributed by atoms with E-state index in [4.69, 9.17) is 4.74 Å². The number of rotatable bonds is 7. The van der Waals surface area contributed by atoms with E-state index >= 15 is 0 Å². The lowest BCUT2D eigenvalue weighted by Gasteiger charge is -2.53. The van der Waals surface area contributed by atoms with Crippen LogP contribution >= 0.6 is 0 Å². The number of esters is 1. The molecule has 33 heavy (non-hydrogen) atoms. The third-order valence-corrected chi connectivity index (χ3v) is 10.7. The van der Waals surface area contributed by atoms with Crippen molar-refractivity contribution in [3.05, 3.63) is 11.3 Å². The highest BCUT2D eigenvalue weighted by atomic mass is 32.2. The highest BCUT2D eigenvalue weighted by molar-refractivity contribution is 7.88. The van der Waals surface area contributed by atoms with Crippen LogP contribution in [0, 0.1) is 40.4 Å². The van der Waals surface area contributed by atoms with Crippen molar-refractivity contribution in [1.82, 2.24) is 4.72 Å².